The number of ether oxygens (including phenoxy) is 2. The van der Waals surface area contributed by atoms with Crippen molar-refractivity contribution in [1.82, 2.24) is 14.8 Å². The minimum Gasteiger partial charge on any atom is -0.493 e. The summed E-state index contributed by atoms with van der Waals surface area (Å²) >= 11 is 1.30. The summed E-state index contributed by atoms with van der Waals surface area (Å²) in [6, 6.07) is 23.2. The Hall–Kier alpha value is -3.85. The van der Waals surface area contributed by atoms with Crippen LogP contribution in [0.15, 0.2) is 78.0 Å². The van der Waals surface area contributed by atoms with E-state index in [0.717, 1.165) is 22.4 Å². The summed E-state index contributed by atoms with van der Waals surface area (Å²) in [5.41, 5.74) is 3.79. The van der Waals surface area contributed by atoms with E-state index >= 15 is 0 Å². The molecule has 0 aliphatic carbocycles. The Morgan fingerprint density at radius 1 is 1.00 bits per heavy atom. The molecule has 9 heteroatoms. The third kappa shape index (κ3) is 5.99. The summed E-state index contributed by atoms with van der Waals surface area (Å²) in [6.45, 7) is 3.99. The smallest absolute Gasteiger partial charge is 0.220 e. The van der Waals surface area contributed by atoms with E-state index in [0.29, 0.717) is 29.1 Å². The molecule has 0 radical (unpaired) electrons. The predicted molar refractivity (Wildman–Crippen MR) is 135 cm³/mol. The average Bonchev–Trinajstić information content (AvgIpc) is 3.22. The fourth-order valence-electron chi connectivity index (χ4n) is 3.70. The van der Waals surface area contributed by atoms with Crippen LogP contribution in [0.25, 0.3) is 5.69 Å². The molecule has 0 N–H and O–H groups in total. The first-order chi connectivity index (χ1) is 16.9. The van der Waals surface area contributed by atoms with Gasteiger partial charge >= 0.3 is 0 Å². The normalized spacial score (nSPS) is 11.7. The number of hydrogen-bond acceptors (Lipinski definition) is 7. The second-order valence-corrected chi connectivity index (χ2v) is 9.18. The molecular weight excluding hydrogens is 464 g/mol. The largest absolute Gasteiger partial charge is 0.493 e. The minimum atomic E-state index is -0.505. The van der Waals surface area contributed by atoms with Gasteiger partial charge in [-0.05, 0) is 54.8 Å². The van der Waals surface area contributed by atoms with E-state index in [1.54, 1.807) is 19.2 Å². The van der Waals surface area contributed by atoms with E-state index in [4.69, 9.17) is 9.47 Å². The van der Waals surface area contributed by atoms with Crippen molar-refractivity contribution in [1.29, 1.82) is 0 Å². The van der Waals surface area contributed by atoms with Crippen LogP contribution in [0, 0.1) is 24.0 Å². The number of methoxy groups -OCH3 is 1. The van der Waals surface area contributed by atoms with E-state index in [2.05, 4.69) is 10.2 Å². The molecule has 180 valence electrons. The molecule has 0 fully saturated rings. The molecule has 4 aromatic rings. The number of hydrogen-bond donors (Lipinski definition) is 0. The molecule has 0 bridgehead atoms. The van der Waals surface area contributed by atoms with Gasteiger partial charge in [-0.15, -0.1) is 10.2 Å². The number of nitro groups is 1. The van der Waals surface area contributed by atoms with Gasteiger partial charge in [0.25, 0.3) is 0 Å². The molecule has 0 amide bonds. The molecular formula is C26H26N4O4S. The summed E-state index contributed by atoms with van der Waals surface area (Å²) in [4.78, 5) is 11.2. The van der Waals surface area contributed by atoms with Gasteiger partial charge < -0.3 is 9.47 Å². The van der Waals surface area contributed by atoms with Crippen molar-refractivity contribution in [3.8, 4) is 17.2 Å². The quantitative estimate of drug-likeness (QED) is 0.163. The molecule has 1 aromatic heterocycles. The highest BCUT2D eigenvalue weighted by molar-refractivity contribution is 7.99. The highest BCUT2D eigenvalue weighted by atomic mass is 32.2. The molecule has 4 rings (SSSR count). The van der Waals surface area contributed by atoms with E-state index < -0.39 is 5.25 Å². The Balaban J connectivity index is 1.61. The minimum absolute atomic E-state index is 0.280. The highest BCUT2D eigenvalue weighted by Crippen LogP contribution is 2.39. The lowest BCUT2D eigenvalue weighted by Gasteiger charge is -2.17. The van der Waals surface area contributed by atoms with Crippen LogP contribution < -0.4 is 9.47 Å². The SMILES string of the molecule is COc1cc([C@H](C[N+](=O)[O-])Sc2nnc(C)n2-c2cccc(C)c2)ccc1OCc1ccccc1. The summed E-state index contributed by atoms with van der Waals surface area (Å²) in [5, 5.41) is 20.2. The summed E-state index contributed by atoms with van der Waals surface area (Å²) in [7, 11) is 1.56. The number of rotatable bonds is 10. The van der Waals surface area contributed by atoms with E-state index in [9.17, 15) is 10.1 Å². The maximum Gasteiger partial charge on any atom is 0.220 e. The van der Waals surface area contributed by atoms with Gasteiger partial charge in [0.2, 0.25) is 6.54 Å². The van der Waals surface area contributed by atoms with Crippen molar-refractivity contribution in [2.45, 2.75) is 30.9 Å². The Kier molecular flexibility index (Phi) is 7.67. The van der Waals surface area contributed by atoms with Gasteiger partial charge in [0.15, 0.2) is 16.7 Å². The third-order valence-electron chi connectivity index (χ3n) is 5.41. The van der Waals surface area contributed by atoms with Crippen LogP contribution in [0.4, 0.5) is 0 Å². The Bertz CT molecular complexity index is 1310. The molecule has 1 atom stereocenters. The maximum atomic E-state index is 11.6. The Morgan fingerprint density at radius 3 is 2.51 bits per heavy atom. The van der Waals surface area contributed by atoms with Gasteiger partial charge in [0.05, 0.1) is 7.11 Å². The van der Waals surface area contributed by atoms with Crippen molar-refractivity contribution in [3.63, 3.8) is 0 Å². The van der Waals surface area contributed by atoms with Crippen molar-refractivity contribution in [2.75, 3.05) is 13.7 Å². The third-order valence-corrected chi connectivity index (χ3v) is 6.60. The van der Waals surface area contributed by atoms with Gasteiger partial charge in [-0.2, -0.15) is 0 Å². The second kappa shape index (κ2) is 11.1. The van der Waals surface area contributed by atoms with E-state index in [1.807, 2.05) is 79.1 Å². The number of thioether (sulfide) groups is 1. The summed E-state index contributed by atoms with van der Waals surface area (Å²) in [6.07, 6.45) is 0. The lowest BCUT2D eigenvalue weighted by atomic mass is 10.1. The topological polar surface area (TPSA) is 92.3 Å². The van der Waals surface area contributed by atoms with E-state index in [-0.39, 0.29) is 11.5 Å². The fourth-order valence-corrected chi connectivity index (χ4v) is 4.86. The lowest BCUT2D eigenvalue weighted by Crippen LogP contribution is -2.11. The van der Waals surface area contributed by atoms with Gasteiger partial charge in [0.1, 0.15) is 17.7 Å². The highest BCUT2D eigenvalue weighted by Gasteiger charge is 2.25. The molecule has 3 aromatic carbocycles. The number of aromatic nitrogens is 3. The zero-order chi connectivity index (χ0) is 24.8. The standard InChI is InChI=1S/C26H26N4O4S/c1-18-8-7-11-22(14-18)30-19(2)27-28-26(30)35-25(16-29(31)32)21-12-13-23(24(15-21)33-3)34-17-20-9-5-4-6-10-20/h4-15,25H,16-17H2,1-3H3/t25-/m0/s1. The molecule has 0 unspecified atom stereocenters. The Labute approximate surface area is 208 Å². The van der Waals surface area contributed by atoms with Crippen molar-refractivity contribution >= 4 is 11.8 Å². The summed E-state index contributed by atoms with van der Waals surface area (Å²) in [5.74, 6) is 1.80. The van der Waals surface area contributed by atoms with Gasteiger partial charge in [-0.3, -0.25) is 14.7 Å². The molecule has 0 aliphatic rings. The number of benzene rings is 3. The van der Waals surface area contributed by atoms with Crippen molar-refractivity contribution in [2.24, 2.45) is 0 Å². The lowest BCUT2D eigenvalue weighted by molar-refractivity contribution is -0.479. The molecule has 8 nitrogen and oxygen atoms in total. The molecule has 0 saturated carbocycles. The van der Waals surface area contributed by atoms with Gasteiger partial charge in [-0.25, -0.2) is 0 Å². The van der Waals surface area contributed by atoms with Crippen molar-refractivity contribution in [3.05, 3.63) is 105 Å². The molecule has 1 heterocycles. The second-order valence-electron chi connectivity index (χ2n) is 8.01. The first kappa shape index (κ1) is 24.3. The predicted octanol–water partition coefficient (Wildman–Crippen LogP) is 5.58. The molecule has 0 saturated heterocycles. The Morgan fingerprint density at radius 2 is 1.80 bits per heavy atom. The molecule has 0 aliphatic heterocycles. The number of nitrogens with zero attached hydrogens (tertiary/aromatic N) is 4. The first-order valence-corrected chi connectivity index (χ1v) is 11.9. The zero-order valence-electron chi connectivity index (χ0n) is 19.7. The summed E-state index contributed by atoms with van der Waals surface area (Å²) < 4.78 is 13.4. The zero-order valence-corrected chi connectivity index (χ0v) is 20.6. The van der Waals surface area contributed by atoms with Gasteiger partial charge in [-0.1, -0.05) is 60.3 Å². The molecule has 0 spiro atoms. The van der Waals surface area contributed by atoms with Crippen LogP contribution in [0.5, 0.6) is 11.5 Å². The van der Waals surface area contributed by atoms with Crippen LogP contribution in [0.1, 0.15) is 27.8 Å². The number of aryl methyl sites for hydroxylation is 2. The monoisotopic (exact) mass is 490 g/mol. The van der Waals surface area contributed by atoms with E-state index in [1.165, 1.54) is 11.8 Å². The fraction of sp³-hybridized carbons (Fsp3) is 0.231. The van der Waals surface area contributed by atoms with Crippen LogP contribution in [0.3, 0.4) is 0 Å². The molecule has 35 heavy (non-hydrogen) atoms. The van der Waals surface area contributed by atoms with Crippen LogP contribution in [0.2, 0.25) is 0 Å². The van der Waals surface area contributed by atoms with Crippen LogP contribution >= 0.6 is 11.8 Å². The maximum absolute atomic E-state index is 11.6. The first-order valence-electron chi connectivity index (χ1n) is 11.1. The van der Waals surface area contributed by atoms with Crippen LogP contribution in [-0.2, 0) is 6.61 Å². The van der Waals surface area contributed by atoms with Crippen molar-refractivity contribution < 1.29 is 14.4 Å². The van der Waals surface area contributed by atoms with Crippen LogP contribution in [-0.4, -0.2) is 33.3 Å². The average molecular weight is 491 g/mol. The van der Waals surface area contributed by atoms with Gasteiger partial charge in [0, 0.05) is 10.6 Å².